The Bertz CT molecular complexity index is 866. The van der Waals surface area contributed by atoms with Gasteiger partial charge in [0, 0.05) is 31.5 Å². The summed E-state index contributed by atoms with van der Waals surface area (Å²) >= 11 is 0. The topological polar surface area (TPSA) is 110 Å². The molecule has 10 nitrogen and oxygen atoms in total. The summed E-state index contributed by atoms with van der Waals surface area (Å²) < 4.78 is 3.55. The van der Waals surface area contributed by atoms with Crippen LogP contribution in [0.2, 0.25) is 0 Å². The van der Waals surface area contributed by atoms with Crippen LogP contribution in [0.5, 0.6) is 0 Å². The molecule has 0 bridgehead atoms. The van der Waals surface area contributed by atoms with E-state index in [9.17, 15) is 4.79 Å². The monoisotopic (exact) mass is 355 g/mol. The standard InChI is InChI=1S/C16H21N9O/c1-12-17-6-9-23(12)8-5-13-4-2-3-7-24(13)16(26)14-10-18-20-15(14)25-11-19-21-22-25/h6,9-11,13H,2-5,7-8H2,1H3,(H,18,20). The summed E-state index contributed by atoms with van der Waals surface area (Å²) in [7, 11) is 0. The number of H-pyrrole nitrogens is 1. The molecule has 0 spiro atoms. The summed E-state index contributed by atoms with van der Waals surface area (Å²) in [5.41, 5.74) is 0.489. The van der Waals surface area contributed by atoms with Gasteiger partial charge in [0.1, 0.15) is 17.7 Å². The molecule has 4 rings (SSSR count). The van der Waals surface area contributed by atoms with E-state index in [4.69, 9.17) is 0 Å². The molecule has 136 valence electrons. The fraction of sp³-hybridized carbons (Fsp3) is 0.500. The van der Waals surface area contributed by atoms with Crippen LogP contribution in [0.4, 0.5) is 0 Å². The van der Waals surface area contributed by atoms with Crippen molar-refractivity contribution >= 4 is 5.91 Å². The highest BCUT2D eigenvalue weighted by Crippen LogP contribution is 2.24. The molecule has 1 aliphatic rings. The summed E-state index contributed by atoms with van der Waals surface area (Å²) in [6.45, 7) is 3.60. The highest BCUT2D eigenvalue weighted by Gasteiger charge is 2.30. The first-order valence-corrected chi connectivity index (χ1v) is 8.79. The van der Waals surface area contributed by atoms with Crippen molar-refractivity contribution in [3.8, 4) is 5.82 Å². The fourth-order valence-corrected chi connectivity index (χ4v) is 3.53. The summed E-state index contributed by atoms with van der Waals surface area (Å²) in [6, 6.07) is 0.203. The van der Waals surface area contributed by atoms with Crippen molar-refractivity contribution in [2.24, 2.45) is 0 Å². The van der Waals surface area contributed by atoms with Crippen molar-refractivity contribution < 1.29 is 4.79 Å². The smallest absolute Gasteiger partial charge is 0.259 e. The quantitative estimate of drug-likeness (QED) is 0.730. The number of rotatable bonds is 5. The Morgan fingerprint density at radius 3 is 3.08 bits per heavy atom. The molecule has 10 heteroatoms. The third-order valence-corrected chi connectivity index (χ3v) is 4.94. The van der Waals surface area contributed by atoms with E-state index in [0.717, 1.165) is 44.6 Å². The normalized spacial score (nSPS) is 17.6. The molecule has 3 aromatic rings. The van der Waals surface area contributed by atoms with Crippen LogP contribution >= 0.6 is 0 Å². The van der Waals surface area contributed by atoms with Crippen LogP contribution < -0.4 is 0 Å². The maximum atomic E-state index is 13.2. The van der Waals surface area contributed by atoms with Crippen LogP contribution in [0.1, 0.15) is 41.9 Å². The highest BCUT2D eigenvalue weighted by molar-refractivity contribution is 5.97. The van der Waals surface area contributed by atoms with Gasteiger partial charge in [0.05, 0.1) is 6.20 Å². The van der Waals surface area contributed by atoms with E-state index in [-0.39, 0.29) is 11.9 Å². The van der Waals surface area contributed by atoms with Crippen molar-refractivity contribution in [1.82, 2.24) is 44.9 Å². The van der Waals surface area contributed by atoms with Crippen molar-refractivity contribution in [2.75, 3.05) is 6.54 Å². The molecule has 1 amide bonds. The van der Waals surface area contributed by atoms with Crippen LogP contribution in [-0.2, 0) is 6.54 Å². The van der Waals surface area contributed by atoms with Gasteiger partial charge in [-0.15, -0.1) is 5.10 Å². The molecule has 1 saturated heterocycles. The zero-order valence-corrected chi connectivity index (χ0v) is 14.6. The number of amides is 1. The number of nitrogens with one attached hydrogen (secondary N) is 1. The number of aromatic amines is 1. The van der Waals surface area contributed by atoms with Crippen molar-refractivity contribution in [2.45, 2.75) is 45.2 Å². The van der Waals surface area contributed by atoms with Gasteiger partial charge in [-0.3, -0.25) is 9.89 Å². The number of hydrogen-bond acceptors (Lipinski definition) is 6. The fourth-order valence-electron chi connectivity index (χ4n) is 3.53. The second-order valence-corrected chi connectivity index (χ2v) is 6.49. The lowest BCUT2D eigenvalue weighted by Gasteiger charge is -2.36. The van der Waals surface area contributed by atoms with Crippen molar-refractivity contribution in [3.63, 3.8) is 0 Å². The van der Waals surface area contributed by atoms with Gasteiger partial charge in [0.15, 0.2) is 5.82 Å². The molecule has 0 aromatic carbocycles. The van der Waals surface area contributed by atoms with E-state index in [1.165, 1.54) is 11.0 Å². The molecule has 1 N–H and O–H groups in total. The average Bonchev–Trinajstić information content (AvgIpc) is 3.41. The van der Waals surface area contributed by atoms with Gasteiger partial charge in [0.2, 0.25) is 0 Å². The molecule has 0 aliphatic carbocycles. The predicted octanol–water partition coefficient (Wildman–Crippen LogP) is 0.975. The van der Waals surface area contributed by atoms with Crippen LogP contribution in [0.25, 0.3) is 5.82 Å². The number of tetrazole rings is 1. The van der Waals surface area contributed by atoms with Gasteiger partial charge in [-0.05, 0) is 43.0 Å². The Morgan fingerprint density at radius 1 is 1.38 bits per heavy atom. The number of aryl methyl sites for hydroxylation is 2. The average molecular weight is 355 g/mol. The number of likely N-dealkylation sites (tertiary alicyclic amines) is 1. The van der Waals surface area contributed by atoms with Crippen LogP contribution in [-0.4, -0.2) is 63.3 Å². The second kappa shape index (κ2) is 7.06. The van der Waals surface area contributed by atoms with E-state index >= 15 is 0 Å². The lowest BCUT2D eigenvalue weighted by Crippen LogP contribution is -2.44. The van der Waals surface area contributed by atoms with Gasteiger partial charge < -0.3 is 9.47 Å². The maximum absolute atomic E-state index is 13.2. The first kappa shape index (κ1) is 16.4. The minimum Gasteiger partial charge on any atom is -0.335 e. The Labute approximate surface area is 150 Å². The highest BCUT2D eigenvalue weighted by atomic mass is 16.2. The molecule has 0 saturated carbocycles. The summed E-state index contributed by atoms with van der Waals surface area (Å²) in [6.07, 6.45) is 10.9. The molecule has 1 atom stereocenters. The van der Waals surface area contributed by atoms with E-state index < -0.39 is 0 Å². The number of carbonyl (C=O) groups is 1. The van der Waals surface area contributed by atoms with Crippen LogP contribution in [0.15, 0.2) is 24.9 Å². The predicted molar refractivity (Wildman–Crippen MR) is 91.6 cm³/mol. The molecule has 0 radical (unpaired) electrons. The summed E-state index contributed by atoms with van der Waals surface area (Å²) in [4.78, 5) is 19.4. The molecular formula is C16H21N9O. The first-order valence-electron chi connectivity index (χ1n) is 8.79. The molecular weight excluding hydrogens is 334 g/mol. The summed E-state index contributed by atoms with van der Waals surface area (Å²) in [5, 5.41) is 17.9. The minimum absolute atomic E-state index is 0.0312. The number of piperidine rings is 1. The van der Waals surface area contributed by atoms with Gasteiger partial charge in [-0.2, -0.15) is 9.78 Å². The van der Waals surface area contributed by atoms with Crippen molar-refractivity contribution in [1.29, 1.82) is 0 Å². The van der Waals surface area contributed by atoms with Gasteiger partial charge >= 0.3 is 0 Å². The molecule has 4 heterocycles. The number of nitrogens with zero attached hydrogens (tertiary/aromatic N) is 8. The second-order valence-electron chi connectivity index (χ2n) is 6.49. The van der Waals surface area contributed by atoms with Crippen molar-refractivity contribution in [3.05, 3.63) is 36.3 Å². The van der Waals surface area contributed by atoms with E-state index in [1.807, 2.05) is 24.2 Å². The Hall–Kier alpha value is -3.04. The van der Waals surface area contributed by atoms with E-state index in [2.05, 4.69) is 35.3 Å². The largest absolute Gasteiger partial charge is 0.335 e. The molecule has 1 fully saturated rings. The molecule has 3 aromatic heterocycles. The minimum atomic E-state index is -0.0312. The maximum Gasteiger partial charge on any atom is 0.259 e. The Kier molecular flexibility index (Phi) is 4.46. The third kappa shape index (κ3) is 3.09. The zero-order chi connectivity index (χ0) is 17.9. The third-order valence-electron chi connectivity index (χ3n) is 4.94. The van der Waals surface area contributed by atoms with Crippen LogP contribution in [0.3, 0.4) is 0 Å². The number of hydrogen-bond donors (Lipinski definition) is 1. The SMILES string of the molecule is Cc1nccn1CCC1CCCCN1C(=O)c1cn[nH]c1-n1cnnn1. The first-order chi connectivity index (χ1) is 12.7. The lowest BCUT2D eigenvalue weighted by molar-refractivity contribution is 0.0595. The molecule has 1 aliphatic heterocycles. The number of imidazole rings is 1. The molecule has 1 unspecified atom stereocenters. The summed E-state index contributed by atoms with van der Waals surface area (Å²) in [5.74, 6) is 1.46. The zero-order valence-electron chi connectivity index (χ0n) is 14.6. The molecule has 26 heavy (non-hydrogen) atoms. The van der Waals surface area contributed by atoms with E-state index in [0.29, 0.717) is 11.4 Å². The van der Waals surface area contributed by atoms with Gasteiger partial charge in [0.25, 0.3) is 5.91 Å². The van der Waals surface area contributed by atoms with Crippen LogP contribution in [0, 0.1) is 6.92 Å². The Morgan fingerprint density at radius 2 is 2.31 bits per heavy atom. The number of carbonyl (C=O) groups excluding carboxylic acids is 1. The van der Waals surface area contributed by atoms with E-state index in [1.54, 1.807) is 6.20 Å². The number of aromatic nitrogens is 8. The van der Waals surface area contributed by atoms with Gasteiger partial charge in [-0.25, -0.2) is 4.98 Å². The Balaban J connectivity index is 1.52. The van der Waals surface area contributed by atoms with Gasteiger partial charge in [-0.1, -0.05) is 0 Å². The lowest BCUT2D eigenvalue weighted by atomic mass is 9.98.